The molecule has 2 rings (SSSR count). The number of hydrogen-bond acceptors (Lipinski definition) is 3. The Morgan fingerprint density at radius 3 is 2.75 bits per heavy atom. The number of nitrogens with zero attached hydrogens (tertiary/aromatic N) is 2. The minimum absolute atomic E-state index is 0.349. The third-order valence-corrected chi connectivity index (χ3v) is 4.08. The summed E-state index contributed by atoms with van der Waals surface area (Å²) in [6.45, 7) is 2.19. The van der Waals surface area contributed by atoms with Gasteiger partial charge in [-0.3, -0.25) is 0 Å². The van der Waals surface area contributed by atoms with Crippen molar-refractivity contribution in [1.29, 1.82) is 0 Å². The van der Waals surface area contributed by atoms with Gasteiger partial charge in [0, 0.05) is 11.9 Å². The van der Waals surface area contributed by atoms with Crippen LogP contribution in [0.25, 0.3) is 0 Å². The average molecular weight is 297 g/mol. The molecule has 0 aliphatic heterocycles. The maximum atomic E-state index is 4.45. The second-order valence-corrected chi connectivity index (χ2v) is 5.41. The molecule has 0 aliphatic carbocycles. The van der Waals surface area contributed by atoms with Gasteiger partial charge in [-0.15, -0.1) is 11.3 Å². The van der Waals surface area contributed by atoms with Crippen molar-refractivity contribution in [1.82, 2.24) is 4.98 Å². The van der Waals surface area contributed by atoms with E-state index in [1.165, 1.54) is 4.88 Å². The van der Waals surface area contributed by atoms with E-state index in [1.54, 1.807) is 11.3 Å². The molecule has 2 nitrogen and oxygen atoms in total. The highest BCUT2D eigenvalue weighted by molar-refractivity contribution is 9.10. The fourth-order valence-corrected chi connectivity index (χ4v) is 2.67. The molecule has 0 aliphatic rings. The van der Waals surface area contributed by atoms with Crippen LogP contribution in [0, 0.1) is 0 Å². The maximum Gasteiger partial charge on any atom is 0.130 e. The largest absolute Gasteiger partial charge is 0.352 e. The molecule has 84 valence electrons. The highest BCUT2D eigenvalue weighted by atomic mass is 79.9. The molecule has 0 bridgehead atoms. The highest BCUT2D eigenvalue weighted by Gasteiger charge is 2.13. The quantitative estimate of drug-likeness (QED) is 0.793. The van der Waals surface area contributed by atoms with E-state index in [0.29, 0.717) is 6.04 Å². The number of hydrogen-bond donors (Lipinski definition) is 0. The van der Waals surface area contributed by atoms with Gasteiger partial charge >= 0.3 is 0 Å². The summed E-state index contributed by atoms with van der Waals surface area (Å²) in [7, 11) is 2.07. The summed E-state index contributed by atoms with van der Waals surface area (Å²) < 4.78 is 0.871. The molecule has 1 atom stereocenters. The zero-order chi connectivity index (χ0) is 11.5. The van der Waals surface area contributed by atoms with Gasteiger partial charge in [0.2, 0.25) is 0 Å². The van der Waals surface area contributed by atoms with Gasteiger partial charge in [0.1, 0.15) is 10.4 Å². The first-order valence-electron chi connectivity index (χ1n) is 5.07. The van der Waals surface area contributed by atoms with Gasteiger partial charge in [-0.2, -0.15) is 0 Å². The molecule has 0 saturated heterocycles. The Morgan fingerprint density at radius 1 is 1.31 bits per heavy atom. The smallest absolute Gasteiger partial charge is 0.130 e. The van der Waals surface area contributed by atoms with Crippen molar-refractivity contribution in [3.8, 4) is 0 Å². The Morgan fingerprint density at radius 2 is 2.12 bits per heavy atom. The summed E-state index contributed by atoms with van der Waals surface area (Å²) in [5, 5.41) is 2.11. The molecule has 2 heterocycles. The molecule has 0 amide bonds. The highest BCUT2D eigenvalue weighted by Crippen LogP contribution is 2.27. The molecular weight excluding hydrogens is 284 g/mol. The summed E-state index contributed by atoms with van der Waals surface area (Å²) in [6, 6.07) is 10.6. The number of pyridine rings is 1. The number of anilines is 1. The lowest BCUT2D eigenvalue weighted by molar-refractivity contribution is 0.741. The van der Waals surface area contributed by atoms with Gasteiger partial charge < -0.3 is 4.90 Å². The molecule has 2 aromatic heterocycles. The number of aromatic nitrogens is 1. The van der Waals surface area contributed by atoms with Crippen LogP contribution in [-0.4, -0.2) is 12.0 Å². The van der Waals surface area contributed by atoms with Gasteiger partial charge in [-0.05, 0) is 46.4 Å². The van der Waals surface area contributed by atoms with E-state index in [-0.39, 0.29) is 0 Å². The minimum atomic E-state index is 0.349. The molecule has 2 aromatic rings. The fraction of sp³-hybridized carbons (Fsp3) is 0.250. The predicted octanol–water partition coefficient (Wildman–Crippen LogP) is 4.10. The number of rotatable bonds is 3. The molecule has 0 spiro atoms. The molecule has 0 N–H and O–H groups in total. The van der Waals surface area contributed by atoms with Gasteiger partial charge in [0.25, 0.3) is 0 Å². The maximum absolute atomic E-state index is 4.45. The van der Waals surface area contributed by atoms with Crippen LogP contribution in [0.1, 0.15) is 17.8 Å². The normalized spacial score (nSPS) is 12.4. The fourth-order valence-electron chi connectivity index (χ4n) is 1.51. The Bertz CT molecular complexity index is 456. The first kappa shape index (κ1) is 11.6. The van der Waals surface area contributed by atoms with Gasteiger partial charge in [-0.25, -0.2) is 4.98 Å². The van der Waals surface area contributed by atoms with Crippen molar-refractivity contribution in [2.75, 3.05) is 11.9 Å². The average Bonchev–Trinajstić information content (AvgIpc) is 2.80. The van der Waals surface area contributed by atoms with Crippen LogP contribution in [0.5, 0.6) is 0 Å². The van der Waals surface area contributed by atoms with Crippen molar-refractivity contribution in [2.24, 2.45) is 0 Å². The molecule has 0 radical (unpaired) electrons. The van der Waals surface area contributed by atoms with Crippen molar-refractivity contribution in [3.63, 3.8) is 0 Å². The lowest BCUT2D eigenvalue weighted by Crippen LogP contribution is -2.21. The molecule has 1 unspecified atom stereocenters. The van der Waals surface area contributed by atoms with Crippen molar-refractivity contribution in [2.45, 2.75) is 13.0 Å². The van der Waals surface area contributed by atoms with Crippen LogP contribution >= 0.6 is 27.3 Å². The molecule has 0 aromatic carbocycles. The van der Waals surface area contributed by atoms with E-state index in [0.717, 1.165) is 10.4 Å². The second-order valence-electron chi connectivity index (χ2n) is 3.62. The first-order chi connectivity index (χ1) is 7.68. The van der Waals surface area contributed by atoms with E-state index in [4.69, 9.17) is 0 Å². The lowest BCUT2D eigenvalue weighted by Gasteiger charge is -2.25. The van der Waals surface area contributed by atoms with E-state index in [9.17, 15) is 0 Å². The molecule has 0 fully saturated rings. The zero-order valence-corrected chi connectivity index (χ0v) is 11.6. The third kappa shape index (κ3) is 2.44. The van der Waals surface area contributed by atoms with Gasteiger partial charge in [-0.1, -0.05) is 12.1 Å². The van der Waals surface area contributed by atoms with Crippen LogP contribution < -0.4 is 4.90 Å². The Kier molecular flexibility index (Phi) is 3.61. The molecule has 4 heteroatoms. The van der Waals surface area contributed by atoms with Crippen LogP contribution in [0.3, 0.4) is 0 Å². The van der Waals surface area contributed by atoms with Crippen LogP contribution in [0.15, 0.2) is 40.3 Å². The molecule has 16 heavy (non-hydrogen) atoms. The number of halogens is 1. The minimum Gasteiger partial charge on any atom is -0.352 e. The Labute approximate surface area is 108 Å². The Hall–Kier alpha value is -0.870. The summed E-state index contributed by atoms with van der Waals surface area (Å²) in [5.74, 6) is 0.982. The monoisotopic (exact) mass is 296 g/mol. The van der Waals surface area contributed by atoms with Crippen molar-refractivity contribution >= 4 is 33.1 Å². The standard InChI is InChI=1S/C12H13BrN2S/c1-9(10-5-4-8-16-10)15(2)12-7-3-6-11(13)14-12/h3-9H,1-2H3. The summed E-state index contributed by atoms with van der Waals surface area (Å²) in [5.41, 5.74) is 0. The lowest BCUT2D eigenvalue weighted by atomic mass is 10.2. The topological polar surface area (TPSA) is 16.1 Å². The SMILES string of the molecule is CC(c1cccs1)N(C)c1cccc(Br)n1. The summed E-state index contributed by atoms with van der Waals surface area (Å²) in [6.07, 6.45) is 0. The van der Waals surface area contributed by atoms with Crippen LogP contribution in [-0.2, 0) is 0 Å². The zero-order valence-electron chi connectivity index (χ0n) is 9.22. The molecule has 0 saturated carbocycles. The van der Waals surface area contributed by atoms with E-state index in [2.05, 4.69) is 57.3 Å². The summed E-state index contributed by atoms with van der Waals surface area (Å²) in [4.78, 5) is 7.98. The van der Waals surface area contributed by atoms with E-state index >= 15 is 0 Å². The van der Waals surface area contributed by atoms with E-state index in [1.807, 2.05) is 18.2 Å². The Balaban J connectivity index is 2.22. The second kappa shape index (κ2) is 4.97. The van der Waals surface area contributed by atoms with Gasteiger partial charge in [0.05, 0.1) is 6.04 Å². The predicted molar refractivity (Wildman–Crippen MR) is 73.1 cm³/mol. The molecular formula is C12H13BrN2S. The van der Waals surface area contributed by atoms with Crippen molar-refractivity contribution in [3.05, 3.63) is 45.2 Å². The van der Waals surface area contributed by atoms with Crippen LogP contribution in [0.4, 0.5) is 5.82 Å². The number of thiophene rings is 1. The first-order valence-corrected chi connectivity index (χ1v) is 6.74. The van der Waals surface area contributed by atoms with E-state index < -0.39 is 0 Å². The van der Waals surface area contributed by atoms with Gasteiger partial charge in [0.15, 0.2) is 0 Å². The third-order valence-electron chi connectivity index (χ3n) is 2.60. The van der Waals surface area contributed by atoms with Crippen LogP contribution in [0.2, 0.25) is 0 Å². The summed E-state index contributed by atoms with van der Waals surface area (Å²) >= 11 is 5.17. The van der Waals surface area contributed by atoms with Crippen molar-refractivity contribution < 1.29 is 0 Å².